The van der Waals surface area contributed by atoms with Gasteiger partial charge < -0.3 is 16.3 Å². The Balaban J connectivity index is 1.97. The second-order valence-electron chi connectivity index (χ2n) is 5.66. The summed E-state index contributed by atoms with van der Waals surface area (Å²) in [6, 6.07) is 3.83. The van der Waals surface area contributed by atoms with Crippen LogP contribution < -0.4 is 11.1 Å². The van der Waals surface area contributed by atoms with Gasteiger partial charge in [-0.2, -0.15) is 0 Å². The van der Waals surface area contributed by atoms with E-state index in [4.69, 9.17) is 10.9 Å². The zero-order valence-electron chi connectivity index (χ0n) is 12.1. The number of nitrogens with two attached hydrogens (primary N) is 1. The zero-order valence-corrected chi connectivity index (χ0v) is 12.1. The maximum absolute atomic E-state index is 8.79. The fourth-order valence-corrected chi connectivity index (χ4v) is 3.10. The Hall–Kier alpha value is -1.62. The quantitative estimate of drug-likeness (QED) is 0.322. The average molecular weight is 276 g/mol. The lowest BCUT2D eigenvalue weighted by molar-refractivity contribution is 0.268. The molecule has 1 aromatic heterocycles. The van der Waals surface area contributed by atoms with Gasteiger partial charge in [-0.25, -0.2) is 0 Å². The summed E-state index contributed by atoms with van der Waals surface area (Å²) in [5, 5.41) is 15.4. The summed E-state index contributed by atoms with van der Waals surface area (Å²) in [5.41, 5.74) is 7.63. The van der Waals surface area contributed by atoms with Crippen molar-refractivity contribution in [1.29, 1.82) is 0 Å². The standard InChI is InChI=1S/C15H24N4O/c1-2-15(7-3-4-8-15)11-17-10-12-6-5-9-18-13(12)14(16)19-20/h5-6,9,17,20H,2-4,7-8,10-11H2,1H3,(H2,16,19). The molecule has 4 N–H and O–H groups in total. The van der Waals surface area contributed by atoms with E-state index >= 15 is 0 Å². The largest absolute Gasteiger partial charge is 0.409 e. The molecule has 20 heavy (non-hydrogen) atoms. The number of hydrogen-bond acceptors (Lipinski definition) is 4. The molecule has 0 amide bonds. The minimum Gasteiger partial charge on any atom is -0.409 e. The molecule has 110 valence electrons. The molecule has 0 unspecified atom stereocenters. The highest BCUT2D eigenvalue weighted by atomic mass is 16.4. The molecule has 0 atom stereocenters. The Kier molecular flexibility index (Phi) is 4.95. The van der Waals surface area contributed by atoms with Gasteiger partial charge in [0.1, 0.15) is 5.69 Å². The van der Waals surface area contributed by atoms with Crippen LogP contribution in [0.25, 0.3) is 0 Å². The smallest absolute Gasteiger partial charge is 0.189 e. The maximum Gasteiger partial charge on any atom is 0.189 e. The highest BCUT2D eigenvalue weighted by Gasteiger charge is 2.31. The topological polar surface area (TPSA) is 83.5 Å². The van der Waals surface area contributed by atoms with Crippen molar-refractivity contribution in [2.24, 2.45) is 16.3 Å². The van der Waals surface area contributed by atoms with E-state index in [-0.39, 0.29) is 5.84 Å². The minimum atomic E-state index is 0.0634. The molecule has 5 heteroatoms. The van der Waals surface area contributed by atoms with Crippen molar-refractivity contribution in [3.63, 3.8) is 0 Å². The van der Waals surface area contributed by atoms with Gasteiger partial charge in [-0.1, -0.05) is 31.0 Å². The SMILES string of the molecule is CCC1(CNCc2cccnc2/C(N)=N/O)CCCC1. The van der Waals surface area contributed by atoms with Gasteiger partial charge in [-0.05, 0) is 36.3 Å². The van der Waals surface area contributed by atoms with Crippen molar-refractivity contribution < 1.29 is 5.21 Å². The predicted molar refractivity (Wildman–Crippen MR) is 79.6 cm³/mol. The van der Waals surface area contributed by atoms with Crippen LogP contribution in [0.2, 0.25) is 0 Å². The van der Waals surface area contributed by atoms with Gasteiger partial charge >= 0.3 is 0 Å². The van der Waals surface area contributed by atoms with Gasteiger partial charge in [-0.15, -0.1) is 0 Å². The van der Waals surface area contributed by atoms with E-state index in [9.17, 15) is 0 Å². The molecule has 5 nitrogen and oxygen atoms in total. The van der Waals surface area contributed by atoms with E-state index in [1.54, 1.807) is 6.20 Å². The molecular weight excluding hydrogens is 252 g/mol. The number of rotatable bonds is 6. The Labute approximate surface area is 120 Å². The Morgan fingerprint density at radius 2 is 2.25 bits per heavy atom. The molecule has 0 spiro atoms. The van der Waals surface area contributed by atoms with E-state index in [0.29, 0.717) is 17.7 Å². The second-order valence-corrected chi connectivity index (χ2v) is 5.66. The van der Waals surface area contributed by atoms with Crippen molar-refractivity contribution in [3.05, 3.63) is 29.6 Å². The third-order valence-corrected chi connectivity index (χ3v) is 4.47. The fourth-order valence-electron chi connectivity index (χ4n) is 3.10. The first-order valence-electron chi connectivity index (χ1n) is 7.33. The van der Waals surface area contributed by atoms with Crippen LogP contribution in [0.1, 0.15) is 50.3 Å². The van der Waals surface area contributed by atoms with E-state index in [0.717, 1.165) is 12.1 Å². The lowest BCUT2D eigenvalue weighted by Crippen LogP contribution is -2.32. The van der Waals surface area contributed by atoms with Gasteiger partial charge in [0.25, 0.3) is 0 Å². The van der Waals surface area contributed by atoms with Gasteiger partial charge in [0.05, 0.1) is 0 Å². The third kappa shape index (κ3) is 3.28. The Morgan fingerprint density at radius 1 is 1.50 bits per heavy atom. The van der Waals surface area contributed by atoms with Crippen molar-refractivity contribution in [1.82, 2.24) is 10.3 Å². The van der Waals surface area contributed by atoms with Crippen LogP contribution >= 0.6 is 0 Å². The molecule has 1 aliphatic rings. The van der Waals surface area contributed by atoms with Crippen molar-refractivity contribution in [2.45, 2.75) is 45.6 Å². The first-order chi connectivity index (χ1) is 9.71. The zero-order chi connectivity index (χ0) is 14.4. The Morgan fingerprint density at radius 3 is 2.90 bits per heavy atom. The Bertz CT molecular complexity index is 467. The first kappa shape index (κ1) is 14.8. The molecule has 1 heterocycles. The molecule has 1 fully saturated rings. The maximum atomic E-state index is 8.79. The summed E-state index contributed by atoms with van der Waals surface area (Å²) >= 11 is 0. The summed E-state index contributed by atoms with van der Waals surface area (Å²) in [6.07, 6.45) is 8.20. The predicted octanol–water partition coefficient (Wildman–Crippen LogP) is 2.24. The molecule has 0 radical (unpaired) electrons. The summed E-state index contributed by atoms with van der Waals surface area (Å²) in [6.45, 7) is 3.99. The number of nitrogens with one attached hydrogen (secondary N) is 1. The number of aromatic nitrogens is 1. The highest BCUT2D eigenvalue weighted by molar-refractivity contribution is 5.96. The average Bonchev–Trinajstić information content (AvgIpc) is 2.96. The normalized spacial score (nSPS) is 18.4. The summed E-state index contributed by atoms with van der Waals surface area (Å²) in [4.78, 5) is 4.18. The summed E-state index contributed by atoms with van der Waals surface area (Å²) in [5.74, 6) is 0.0634. The van der Waals surface area contributed by atoms with Crippen LogP contribution in [-0.2, 0) is 6.54 Å². The molecule has 1 saturated carbocycles. The number of hydrogen-bond donors (Lipinski definition) is 3. The molecular formula is C15H24N4O. The lowest BCUT2D eigenvalue weighted by atomic mass is 9.83. The third-order valence-electron chi connectivity index (χ3n) is 4.47. The second kappa shape index (κ2) is 6.70. The van der Waals surface area contributed by atoms with E-state index in [2.05, 4.69) is 22.4 Å². The van der Waals surface area contributed by atoms with E-state index < -0.39 is 0 Å². The number of pyridine rings is 1. The molecule has 0 bridgehead atoms. The van der Waals surface area contributed by atoms with Crippen LogP contribution in [0.4, 0.5) is 0 Å². The number of nitrogens with zero attached hydrogens (tertiary/aromatic N) is 2. The molecule has 1 aromatic rings. The molecule has 0 saturated heterocycles. The summed E-state index contributed by atoms with van der Waals surface area (Å²) < 4.78 is 0. The first-order valence-corrected chi connectivity index (χ1v) is 7.33. The molecule has 2 rings (SSSR count). The number of amidine groups is 1. The van der Waals surface area contributed by atoms with Crippen LogP contribution in [-0.4, -0.2) is 22.6 Å². The van der Waals surface area contributed by atoms with E-state index in [1.165, 1.54) is 32.1 Å². The van der Waals surface area contributed by atoms with Crippen LogP contribution in [0.3, 0.4) is 0 Å². The molecule has 0 aromatic carbocycles. The molecule has 0 aliphatic heterocycles. The van der Waals surface area contributed by atoms with E-state index in [1.807, 2.05) is 12.1 Å². The van der Waals surface area contributed by atoms with Gasteiger partial charge in [-0.3, -0.25) is 4.98 Å². The highest BCUT2D eigenvalue weighted by Crippen LogP contribution is 2.40. The van der Waals surface area contributed by atoms with Gasteiger partial charge in [0, 0.05) is 19.3 Å². The fraction of sp³-hybridized carbons (Fsp3) is 0.600. The monoisotopic (exact) mass is 276 g/mol. The van der Waals surface area contributed by atoms with Crippen molar-refractivity contribution >= 4 is 5.84 Å². The van der Waals surface area contributed by atoms with Gasteiger partial charge in [0.2, 0.25) is 0 Å². The van der Waals surface area contributed by atoms with Crippen LogP contribution in [0.15, 0.2) is 23.5 Å². The van der Waals surface area contributed by atoms with Crippen molar-refractivity contribution in [3.8, 4) is 0 Å². The number of oxime groups is 1. The summed E-state index contributed by atoms with van der Waals surface area (Å²) in [7, 11) is 0. The minimum absolute atomic E-state index is 0.0634. The van der Waals surface area contributed by atoms with Crippen LogP contribution in [0, 0.1) is 5.41 Å². The lowest BCUT2D eigenvalue weighted by Gasteiger charge is -2.28. The van der Waals surface area contributed by atoms with Crippen LogP contribution in [0.5, 0.6) is 0 Å². The van der Waals surface area contributed by atoms with Gasteiger partial charge in [0.15, 0.2) is 5.84 Å². The van der Waals surface area contributed by atoms with Crippen molar-refractivity contribution in [2.75, 3.05) is 6.54 Å². The molecule has 1 aliphatic carbocycles.